The third-order valence-electron chi connectivity index (χ3n) is 5.80. The summed E-state index contributed by atoms with van der Waals surface area (Å²) in [5.41, 5.74) is 5.88. The summed E-state index contributed by atoms with van der Waals surface area (Å²) < 4.78 is 7.26. The van der Waals surface area contributed by atoms with E-state index in [9.17, 15) is 4.79 Å². The zero-order valence-electron chi connectivity index (χ0n) is 18.3. The highest BCUT2D eigenvalue weighted by Crippen LogP contribution is 2.26. The molecule has 0 bridgehead atoms. The molecule has 7 nitrogen and oxygen atoms in total. The van der Waals surface area contributed by atoms with E-state index in [1.54, 1.807) is 4.68 Å². The molecule has 0 spiro atoms. The van der Waals surface area contributed by atoms with E-state index in [1.807, 2.05) is 61.7 Å². The van der Waals surface area contributed by atoms with Crippen LogP contribution in [0.5, 0.6) is 5.75 Å². The number of carbonyl (C=O) groups excluding carboxylic acids is 1. The number of pyridine rings is 2. The minimum Gasteiger partial charge on any atom is -0.494 e. The van der Waals surface area contributed by atoms with Crippen LogP contribution in [-0.2, 0) is 31.2 Å². The number of amides is 1. The predicted molar refractivity (Wildman–Crippen MR) is 122 cm³/mol. The van der Waals surface area contributed by atoms with E-state index < -0.39 is 0 Å². The maximum absolute atomic E-state index is 12.9. The lowest BCUT2D eigenvalue weighted by molar-refractivity contribution is -0.131. The molecule has 0 aliphatic carbocycles. The Morgan fingerprint density at radius 2 is 1.97 bits per heavy atom. The molecule has 0 radical (unpaired) electrons. The summed E-state index contributed by atoms with van der Waals surface area (Å²) in [6.07, 6.45) is 6.77. The van der Waals surface area contributed by atoms with Crippen LogP contribution in [0.3, 0.4) is 0 Å². The molecule has 1 aromatic carbocycles. The van der Waals surface area contributed by atoms with Crippen LogP contribution in [0.1, 0.15) is 23.7 Å². The van der Waals surface area contributed by atoms with E-state index in [0.29, 0.717) is 26.1 Å². The summed E-state index contributed by atoms with van der Waals surface area (Å²) in [6, 6.07) is 12.0. The Hall–Kier alpha value is -3.74. The van der Waals surface area contributed by atoms with E-state index >= 15 is 0 Å². The Morgan fingerprint density at radius 3 is 2.72 bits per heavy atom. The number of aromatic nitrogens is 4. The third kappa shape index (κ3) is 4.06. The number of ether oxygens (including phenoxy) is 1. The van der Waals surface area contributed by atoms with Crippen molar-refractivity contribution >= 4 is 16.9 Å². The first-order valence-corrected chi connectivity index (χ1v) is 10.9. The second kappa shape index (κ2) is 8.42. The largest absolute Gasteiger partial charge is 0.494 e. The maximum atomic E-state index is 12.9. The van der Waals surface area contributed by atoms with Gasteiger partial charge in [0.05, 0.1) is 19.2 Å². The molecule has 3 aromatic heterocycles. The Bertz CT molecular complexity index is 1280. The molecule has 5 rings (SSSR count). The Morgan fingerprint density at radius 1 is 1.12 bits per heavy atom. The van der Waals surface area contributed by atoms with Gasteiger partial charge in [-0.25, -0.2) is 9.97 Å². The highest BCUT2D eigenvalue weighted by atomic mass is 16.5. The first kappa shape index (κ1) is 20.2. The lowest BCUT2D eigenvalue weighted by Gasteiger charge is -2.28. The van der Waals surface area contributed by atoms with Crippen LogP contribution in [-0.4, -0.2) is 43.7 Å². The molecule has 162 valence electrons. The van der Waals surface area contributed by atoms with Gasteiger partial charge in [0.15, 0.2) is 5.65 Å². The zero-order chi connectivity index (χ0) is 22.1. The molecule has 7 heteroatoms. The van der Waals surface area contributed by atoms with Gasteiger partial charge in [-0.2, -0.15) is 5.10 Å². The average Bonchev–Trinajstić information content (AvgIpc) is 3.24. The smallest absolute Gasteiger partial charge is 0.227 e. The first-order valence-electron chi connectivity index (χ1n) is 10.9. The standard InChI is InChI=1S/C25H25N5O2/c1-3-32-22-6-4-17(5-7-22)10-24(31)30-9-8-23-20(16-30)12-18-11-19(13-26-25(18)28-23)21-14-27-29(2)15-21/h4-7,11-15H,3,8-10,16H2,1-2H3. The molecule has 32 heavy (non-hydrogen) atoms. The number of hydrogen-bond acceptors (Lipinski definition) is 5. The van der Waals surface area contributed by atoms with Crippen LogP contribution >= 0.6 is 0 Å². The van der Waals surface area contributed by atoms with Crippen molar-refractivity contribution in [3.8, 4) is 16.9 Å². The minimum absolute atomic E-state index is 0.127. The maximum Gasteiger partial charge on any atom is 0.227 e. The van der Waals surface area contributed by atoms with Gasteiger partial charge in [0, 0.05) is 61.2 Å². The number of hydrogen-bond donors (Lipinski definition) is 0. The number of fused-ring (bicyclic) bond motifs is 2. The van der Waals surface area contributed by atoms with Crippen LogP contribution in [0.15, 0.2) is 55.0 Å². The fraction of sp³-hybridized carbons (Fsp3) is 0.280. The molecule has 1 amide bonds. The highest BCUT2D eigenvalue weighted by Gasteiger charge is 2.22. The van der Waals surface area contributed by atoms with Crippen LogP contribution in [0.25, 0.3) is 22.2 Å². The number of nitrogens with zero attached hydrogens (tertiary/aromatic N) is 5. The first-order chi connectivity index (χ1) is 15.6. The van der Waals surface area contributed by atoms with Gasteiger partial charge < -0.3 is 9.64 Å². The summed E-state index contributed by atoms with van der Waals surface area (Å²) in [5, 5.41) is 5.22. The van der Waals surface area contributed by atoms with Crippen molar-refractivity contribution in [2.75, 3.05) is 13.2 Å². The molecule has 4 heterocycles. The van der Waals surface area contributed by atoms with E-state index in [2.05, 4.69) is 22.2 Å². The fourth-order valence-corrected chi connectivity index (χ4v) is 4.12. The molecular weight excluding hydrogens is 402 g/mol. The van der Waals surface area contributed by atoms with Crippen molar-refractivity contribution in [2.45, 2.75) is 26.3 Å². The Kier molecular flexibility index (Phi) is 5.31. The quantitative estimate of drug-likeness (QED) is 0.487. The minimum atomic E-state index is 0.127. The SMILES string of the molecule is CCOc1ccc(CC(=O)N2CCc3nc4ncc(-c5cnn(C)c5)cc4cc3C2)cc1. The van der Waals surface area contributed by atoms with Crippen LogP contribution in [0, 0.1) is 0 Å². The lowest BCUT2D eigenvalue weighted by atomic mass is 10.0. The molecule has 0 fully saturated rings. The van der Waals surface area contributed by atoms with Crippen molar-refractivity contribution in [1.82, 2.24) is 24.6 Å². The topological polar surface area (TPSA) is 73.1 Å². The van der Waals surface area contributed by atoms with Crippen LogP contribution < -0.4 is 4.74 Å². The van der Waals surface area contributed by atoms with E-state index in [1.165, 1.54) is 0 Å². The van der Waals surface area contributed by atoms with Crippen molar-refractivity contribution in [1.29, 1.82) is 0 Å². The average molecular weight is 428 g/mol. The molecular formula is C25H25N5O2. The van der Waals surface area contributed by atoms with Gasteiger partial charge in [0.1, 0.15) is 5.75 Å². The Labute approximate surface area is 186 Å². The van der Waals surface area contributed by atoms with E-state index in [4.69, 9.17) is 9.72 Å². The second-order valence-electron chi connectivity index (χ2n) is 8.09. The molecule has 1 aliphatic rings. The van der Waals surface area contributed by atoms with E-state index in [0.717, 1.165) is 51.2 Å². The monoisotopic (exact) mass is 427 g/mol. The Balaban J connectivity index is 1.34. The van der Waals surface area contributed by atoms with Gasteiger partial charge in [-0.3, -0.25) is 9.48 Å². The molecule has 0 unspecified atom stereocenters. The van der Waals surface area contributed by atoms with Crippen molar-refractivity contribution in [2.24, 2.45) is 7.05 Å². The summed E-state index contributed by atoms with van der Waals surface area (Å²) in [6.45, 7) is 3.84. The fourth-order valence-electron chi connectivity index (χ4n) is 4.12. The van der Waals surface area contributed by atoms with Gasteiger partial charge in [-0.05, 0) is 42.3 Å². The van der Waals surface area contributed by atoms with Crippen LogP contribution in [0.2, 0.25) is 0 Å². The summed E-state index contributed by atoms with van der Waals surface area (Å²) in [5.74, 6) is 0.954. The van der Waals surface area contributed by atoms with Gasteiger partial charge >= 0.3 is 0 Å². The highest BCUT2D eigenvalue weighted by molar-refractivity contribution is 5.82. The molecule has 0 saturated heterocycles. The van der Waals surface area contributed by atoms with Gasteiger partial charge in [-0.15, -0.1) is 0 Å². The van der Waals surface area contributed by atoms with Gasteiger partial charge in [0.2, 0.25) is 5.91 Å². The van der Waals surface area contributed by atoms with Gasteiger partial charge in [-0.1, -0.05) is 12.1 Å². The third-order valence-corrected chi connectivity index (χ3v) is 5.80. The number of benzene rings is 1. The zero-order valence-corrected chi connectivity index (χ0v) is 18.3. The summed E-state index contributed by atoms with van der Waals surface area (Å²) in [4.78, 5) is 24.2. The van der Waals surface area contributed by atoms with Crippen LogP contribution in [0.4, 0.5) is 0 Å². The van der Waals surface area contributed by atoms with Crippen molar-refractivity contribution in [3.05, 3.63) is 71.8 Å². The normalized spacial score (nSPS) is 13.2. The molecule has 0 N–H and O–H groups in total. The summed E-state index contributed by atoms with van der Waals surface area (Å²) in [7, 11) is 1.90. The summed E-state index contributed by atoms with van der Waals surface area (Å²) >= 11 is 0. The molecule has 4 aromatic rings. The number of aryl methyl sites for hydroxylation is 1. The lowest BCUT2D eigenvalue weighted by Crippen LogP contribution is -2.37. The van der Waals surface area contributed by atoms with Crippen molar-refractivity contribution in [3.63, 3.8) is 0 Å². The number of rotatable bonds is 5. The van der Waals surface area contributed by atoms with Crippen molar-refractivity contribution < 1.29 is 9.53 Å². The van der Waals surface area contributed by atoms with Gasteiger partial charge in [0.25, 0.3) is 0 Å². The van der Waals surface area contributed by atoms with E-state index in [-0.39, 0.29) is 5.91 Å². The molecule has 0 saturated carbocycles. The molecule has 0 atom stereocenters. The second-order valence-corrected chi connectivity index (χ2v) is 8.09. The molecule has 1 aliphatic heterocycles. The number of carbonyl (C=O) groups is 1. The predicted octanol–water partition coefficient (Wildman–Crippen LogP) is 3.56.